The molecule has 2 amide bonds. The van der Waals surface area contributed by atoms with E-state index in [1.807, 2.05) is 65.6 Å². The summed E-state index contributed by atoms with van der Waals surface area (Å²) in [5, 5.41) is 5.96. The molecule has 0 saturated heterocycles. The molecular weight excluding hydrogens is 414 g/mol. The first-order valence-corrected chi connectivity index (χ1v) is 11.3. The first-order chi connectivity index (χ1) is 16.1. The molecule has 0 atom stereocenters. The van der Waals surface area contributed by atoms with Crippen molar-refractivity contribution in [3.63, 3.8) is 0 Å². The third kappa shape index (κ3) is 7.38. The van der Waals surface area contributed by atoms with Crippen LogP contribution >= 0.6 is 0 Å². The number of carbonyl (C=O) groups excluding carboxylic acids is 2. The zero-order valence-electron chi connectivity index (χ0n) is 19.2. The van der Waals surface area contributed by atoms with E-state index in [1.165, 1.54) is 0 Å². The first kappa shape index (κ1) is 23.9. The summed E-state index contributed by atoms with van der Waals surface area (Å²) in [5.74, 6) is 1.29. The van der Waals surface area contributed by atoms with Crippen LogP contribution in [-0.4, -0.2) is 36.3 Å². The lowest BCUT2D eigenvalue weighted by Crippen LogP contribution is -2.32. The van der Waals surface area contributed by atoms with Crippen LogP contribution in [0.1, 0.15) is 37.0 Å². The maximum Gasteiger partial charge on any atom is 0.253 e. The van der Waals surface area contributed by atoms with Crippen LogP contribution in [0.3, 0.4) is 0 Å². The molecular formula is C27H31N3O3. The third-order valence-electron chi connectivity index (χ3n) is 4.95. The van der Waals surface area contributed by atoms with Gasteiger partial charge in [0.25, 0.3) is 5.91 Å². The van der Waals surface area contributed by atoms with Gasteiger partial charge in [0.15, 0.2) is 0 Å². The standard InChI is InChI=1S/C27H31N3O3/c1-3-17-30(18-4-2)27(32)21-9-8-10-23(19-21)28-20-26(31)29-22-13-15-25(16-14-22)33-24-11-6-5-7-12-24/h5-16,19,28H,3-4,17-18,20H2,1-2H3,(H,29,31). The van der Waals surface area contributed by atoms with Crippen LogP contribution in [-0.2, 0) is 4.79 Å². The molecule has 0 heterocycles. The molecule has 0 aliphatic carbocycles. The normalized spacial score (nSPS) is 10.4. The summed E-state index contributed by atoms with van der Waals surface area (Å²) in [5.41, 5.74) is 2.03. The summed E-state index contributed by atoms with van der Waals surface area (Å²) < 4.78 is 5.77. The summed E-state index contributed by atoms with van der Waals surface area (Å²) in [7, 11) is 0. The monoisotopic (exact) mass is 445 g/mol. The molecule has 0 aliphatic heterocycles. The largest absolute Gasteiger partial charge is 0.457 e. The Morgan fingerprint density at radius 2 is 1.45 bits per heavy atom. The minimum atomic E-state index is -0.179. The summed E-state index contributed by atoms with van der Waals surface area (Å²) >= 11 is 0. The average molecular weight is 446 g/mol. The molecule has 0 bridgehead atoms. The van der Waals surface area contributed by atoms with Gasteiger partial charge in [-0.2, -0.15) is 0 Å². The van der Waals surface area contributed by atoms with E-state index in [1.54, 1.807) is 18.2 Å². The second kappa shape index (κ2) is 12.3. The van der Waals surface area contributed by atoms with Gasteiger partial charge < -0.3 is 20.3 Å². The van der Waals surface area contributed by atoms with Crippen LogP contribution in [0.5, 0.6) is 11.5 Å². The molecule has 6 heteroatoms. The predicted octanol–water partition coefficient (Wildman–Crippen LogP) is 5.79. The number of ether oxygens (including phenoxy) is 1. The van der Waals surface area contributed by atoms with E-state index in [0.717, 1.165) is 37.4 Å². The van der Waals surface area contributed by atoms with Crippen molar-refractivity contribution in [1.29, 1.82) is 0 Å². The number of benzene rings is 3. The number of carbonyl (C=O) groups is 2. The van der Waals surface area contributed by atoms with Gasteiger partial charge in [-0.15, -0.1) is 0 Å². The average Bonchev–Trinajstić information content (AvgIpc) is 2.84. The predicted molar refractivity (Wildman–Crippen MR) is 133 cm³/mol. The van der Waals surface area contributed by atoms with Gasteiger partial charge in [-0.1, -0.05) is 38.1 Å². The quantitative estimate of drug-likeness (QED) is 0.392. The van der Waals surface area contributed by atoms with Gasteiger partial charge in [-0.25, -0.2) is 0 Å². The summed E-state index contributed by atoms with van der Waals surface area (Å²) in [6.07, 6.45) is 1.84. The van der Waals surface area contributed by atoms with Gasteiger partial charge in [0.05, 0.1) is 6.54 Å². The summed E-state index contributed by atoms with van der Waals surface area (Å²) in [6.45, 7) is 5.70. The van der Waals surface area contributed by atoms with Crippen molar-refractivity contribution in [3.8, 4) is 11.5 Å². The van der Waals surface area contributed by atoms with E-state index in [-0.39, 0.29) is 18.4 Å². The Morgan fingerprint density at radius 1 is 0.788 bits per heavy atom. The van der Waals surface area contributed by atoms with E-state index in [4.69, 9.17) is 4.74 Å². The fraction of sp³-hybridized carbons (Fsp3) is 0.259. The molecule has 0 saturated carbocycles. The molecule has 0 aromatic heterocycles. The summed E-state index contributed by atoms with van der Waals surface area (Å²) in [6, 6.07) is 24.0. The number of nitrogens with one attached hydrogen (secondary N) is 2. The zero-order chi connectivity index (χ0) is 23.5. The van der Waals surface area contributed by atoms with E-state index in [2.05, 4.69) is 24.5 Å². The SMILES string of the molecule is CCCN(CCC)C(=O)c1cccc(NCC(=O)Nc2ccc(Oc3ccccc3)cc2)c1. The van der Waals surface area contributed by atoms with Crippen molar-refractivity contribution >= 4 is 23.2 Å². The van der Waals surface area contributed by atoms with Gasteiger partial charge in [-0.3, -0.25) is 9.59 Å². The molecule has 33 heavy (non-hydrogen) atoms. The van der Waals surface area contributed by atoms with Crippen molar-refractivity contribution in [2.24, 2.45) is 0 Å². The molecule has 3 aromatic carbocycles. The van der Waals surface area contributed by atoms with Crippen LogP contribution in [0.25, 0.3) is 0 Å². The van der Waals surface area contributed by atoms with Gasteiger partial charge in [-0.05, 0) is 67.4 Å². The van der Waals surface area contributed by atoms with Crippen molar-refractivity contribution in [2.75, 3.05) is 30.3 Å². The van der Waals surface area contributed by atoms with E-state index < -0.39 is 0 Å². The van der Waals surface area contributed by atoms with E-state index in [9.17, 15) is 9.59 Å². The maximum absolute atomic E-state index is 12.8. The van der Waals surface area contributed by atoms with Crippen molar-refractivity contribution in [3.05, 3.63) is 84.4 Å². The van der Waals surface area contributed by atoms with Crippen LogP contribution in [0, 0.1) is 0 Å². The Hall–Kier alpha value is -3.80. The molecule has 0 fully saturated rings. The number of rotatable bonds is 11. The fourth-order valence-electron chi connectivity index (χ4n) is 3.42. The van der Waals surface area contributed by atoms with Gasteiger partial charge in [0.1, 0.15) is 11.5 Å². The van der Waals surface area contributed by atoms with Crippen molar-refractivity contribution in [1.82, 2.24) is 4.90 Å². The number of nitrogens with zero attached hydrogens (tertiary/aromatic N) is 1. The molecule has 0 spiro atoms. The van der Waals surface area contributed by atoms with E-state index in [0.29, 0.717) is 17.0 Å². The third-order valence-corrected chi connectivity index (χ3v) is 4.95. The first-order valence-electron chi connectivity index (χ1n) is 11.3. The van der Waals surface area contributed by atoms with Gasteiger partial charge in [0, 0.05) is 30.0 Å². The van der Waals surface area contributed by atoms with Crippen LogP contribution in [0.15, 0.2) is 78.9 Å². The van der Waals surface area contributed by atoms with Crippen molar-refractivity contribution < 1.29 is 14.3 Å². The lowest BCUT2D eigenvalue weighted by atomic mass is 10.1. The molecule has 6 nitrogen and oxygen atoms in total. The molecule has 0 unspecified atom stereocenters. The lowest BCUT2D eigenvalue weighted by molar-refractivity contribution is -0.114. The van der Waals surface area contributed by atoms with Crippen LogP contribution in [0.4, 0.5) is 11.4 Å². The molecule has 3 aromatic rings. The molecule has 0 aliphatic rings. The number of hydrogen-bond acceptors (Lipinski definition) is 4. The lowest BCUT2D eigenvalue weighted by Gasteiger charge is -2.21. The molecule has 2 N–H and O–H groups in total. The highest BCUT2D eigenvalue weighted by Gasteiger charge is 2.14. The second-order valence-electron chi connectivity index (χ2n) is 7.71. The highest BCUT2D eigenvalue weighted by atomic mass is 16.5. The minimum Gasteiger partial charge on any atom is -0.457 e. The highest BCUT2D eigenvalue weighted by molar-refractivity contribution is 5.96. The number of amides is 2. The number of hydrogen-bond donors (Lipinski definition) is 2. The topological polar surface area (TPSA) is 70.7 Å². The number of para-hydroxylation sites is 1. The van der Waals surface area contributed by atoms with Gasteiger partial charge >= 0.3 is 0 Å². The number of anilines is 2. The van der Waals surface area contributed by atoms with Gasteiger partial charge in [0.2, 0.25) is 5.91 Å². The molecule has 172 valence electrons. The highest BCUT2D eigenvalue weighted by Crippen LogP contribution is 2.22. The Labute approximate surface area is 195 Å². The molecule has 0 radical (unpaired) electrons. The fourth-order valence-corrected chi connectivity index (χ4v) is 3.42. The second-order valence-corrected chi connectivity index (χ2v) is 7.71. The Kier molecular flexibility index (Phi) is 8.88. The zero-order valence-corrected chi connectivity index (χ0v) is 19.2. The Morgan fingerprint density at radius 3 is 2.12 bits per heavy atom. The Bertz CT molecular complexity index is 1030. The minimum absolute atomic E-state index is 0.0182. The smallest absolute Gasteiger partial charge is 0.253 e. The Balaban J connectivity index is 1.52. The summed E-state index contributed by atoms with van der Waals surface area (Å²) in [4.78, 5) is 27.1. The van der Waals surface area contributed by atoms with Crippen LogP contribution < -0.4 is 15.4 Å². The van der Waals surface area contributed by atoms with E-state index >= 15 is 0 Å². The molecule has 3 rings (SSSR count). The van der Waals surface area contributed by atoms with Crippen molar-refractivity contribution in [2.45, 2.75) is 26.7 Å². The maximum atomic E-state index is 12.8. The van der Waals surface area contributed by atoms with Crippen LogP contribution in [0.2, 0.25) is 0 Å².